The third-order valence-electron chi connectivity index (χ3n) is 3.98. The minimum atomic E-state index is -0.546. The maximum atomic E-state index is 12.0. The molecule has 0 N–H and O–H groups in total. The largest absolute Gasteiger partial charge is 0.459 e. The molecule has 0 unspecified atom stereocenters. The molecule has 0 aliphatic rings. The van der Waals surface area contributed by atoms with Crippen LogP contribution in [-0.4, -0.2) is 9.78 Å². The van der Waals surface area contributed by atoms with E-state index in [1.807, 2.05) is 42.5 Å². The van der Waals surface area contributed by atoms with E-state index < -0.39 is 5.76 Å². The van der Waals surface area contributed by atoms with Gasteiger partial charge in [0.15, 0.2) is 5.76 Å². The van der Waals surface area contributed by atoms with Gasteiger partial charge >= 0.3 is 5.76 Å². The number of benzene rings is 2. The van der Waals surface area contributed by atoms with Gasteiger partial charge in [0.1, 0.15) is 0 Å². The van der Waals surface area contributed by atoms with Gasteiger partial charge in [-0.1, -0.05) is 42.5 Å². The van der Waals surface area contributed by atoms with Gasteiger partial charge in [0, 0.05) is 0 Å². The molecule has 0 amide bonds. The Morgan fingerprint density at radius 2 is 1.85 bits per heavy atom. The fourth-order valence-electron chi connectivity index (χ4n) is 2.70. The first-order valence-electron chi connectivity index (χ1n) is 7.95. The van der Waals surface area contributed by atoms with Crippen molar-refractivity contribution >= 4 is 0 Å². The van der Waals surface area contributed by atoms with Gasteiger partial charge in [-0.3, -0.25) is 0 Å². The molecule has 0 radical (unpaired) electrons. The average molecular weight is 343 g/mol. The second kappa shape index (κ2) is 6.57. The fourth-order valence-corrected chi connectivity index (χ4v) is 2.70. The number of aromatic nitrogens is 2. The molecule has 6 nitrogen and oxygen atoms in total. The van der Waals surface area contributed by atoms with Crippen molar-refractivity contribution in [3.8, 4) is 28.8 Å². The van der Waals surface area contributed by atoms with Gasteiger partial charge < -0.3 is 8.83 Å². The molecule has 2 aromatic carbocycles. The molecule has 0 aliphatic carbocycles. The van der Waals surface area contributed by atoms with Crippen molar-refractivity contribution in [3.63, 3.8) is 0 Å². The monoisotopic (exact) mass is 343 g/mol. The minimum Gasteiger partial charge on any atom is -0.459 e. The molecule has 0 saturated carbocycles. The van der Waals surface area contributed by atoms with Gasteiger partial charge in [0.25, 0.3) is 5.89 Å². The maximum Gasteiger partial charge on any atom is 0.437 e. The molecule has 0 saturated heterocycles. The van der Waals surface area contributed by atoms with Gasteiger partial charge in [-0.25, -0.2) is 4.79 Å². The third kappa shape index (κ3) is 2.94. The van der Waals surface area contributed by atoms with E-state index in [2.05, 4.69) is 11.2 Å². The number of furan rings is 1. The van der Waals surface area contributed by atoms with Crippen molar-refractivity contribution in [1.82, 2.24) is 9.78 Å². The topological polar surface area (TPSA) is 85.0 Å². The van der Waals surface area contributed by atoms with Crippen molar-refractivity contribution in [2.75, 3.05) is 0 Å². The average Bonchev–Trinajstić information content (AvgIpc) is 3.33. The second-order valence-electron chi connectivity index (χ2n) is 5.66. The van der Waals surface area contributed by atoms with Crippen LogP contribution in [0.4, 0.5) is 0 Å². The van der Waals surface area contributed by atoms with Gasteiger partial charge in [-0.05, 0) is 34.9 Å². The van der Waals surface area contributed by atoms with Gasteiger partial charge in [-0.2, -0.15) is 9.94 Å². The fraction of sp³-hybridized carbons (Fsp3) is 0.0500. The van der Waals surface area contributed by atoms with E-state index in [4.69, 9.17) is 8.83 Å². The predicted octanol–water partition coefficient (Wildman–Crippen LogP) is 3.68. The Morgan fingerprint density at radius 1 is 1.04 bits per heavy atom. The summed E-state index contributed by atoms with van der Waals surface area (Å²) >= 11 is 0. The van der Waals surface area contributed by atoms with Crippen molar-refractivity contribution in [2.24, 2.45) is 0 Å². The van der Waals surface area contributed by atoms with Crippen molar-refractivity contribution in [2.45, 2.75) is 6.54 Å². The summed E-state index contributed by atoms with van der Waals surface area (Å²) < 4.78 is 11.6. The molecule has 0 fully saturated rings. The van der Waals surface area contributed by atoms with E-state index >= 15 is 0 Å². The zero-order valence-electron chi connectivity index (χ0n) is 13.6. The summed E-state index contributed by atoms with van der Waals surface area (Å²) in [7, 11) is 0. The normalized spacial score (nSPS) is 10.6. The SMILES string of the molecule is N#Cc1ccccc1-c1ccc(Cn2nc(-c3ccco3)oc2=O)cc1. The zero-order chi connectivity index (χ0) is 17.9. The number of hydrogen-bond acceptors (Lipinski definition) is 5. The number of nitriles is 1. The van der Waals surface area contributed by atoms with Crippen LogP contribution >= 0.6 is 0 Å². The van der Waals surface area contributed by atoms with Crippen molar-refractivity contribution in [1.29, 1.82) is 5.26 Å². The molecule has 2 aromatic heterocycles. The minimum absolute atomic E-state index is 0.152. The summed E-state index contributed by atoms with van der Waals surface area (Å²) in [5.41, 5.74) is 3.33. The molecule has 0 atom stereocenters. The highest BCUT2D eigenvalue weighted by Gasteiger charge is 2.13. The van der Waals surface area contributed by atoms with Gasteiger partial charge in [0.2, 0.25) is 0 Å². The van der Waals surface area contributed by atoms with Crippen molar-refractivity contribution in [3.05, 3.63) is 88.6 Å². The first kappa shape index (κ1) is 15.7. The highest BCUT2D eigenvalue weighted by atomic mass is 16.4. The van der Waals surface area contributed by atoms with E-state index in [0.29, 0.717) is 11.3 Å². The number of hydrogen-bond donors (Lipinski definition) is 0. The lowest BCUT2D eigenvalue weighted by Gasteiger charge is -2.05. The first-order chi connectivity index (χ1) is 12.7. The molecule has 2 heterocycles. The molecule has 0 aliphatic heterocycles. The Labute approximate surface area is 148 Å². The highest BCUT2D eigenvalue weighted by Crippen LogP contribution is 2.23. The van der Waals surface area contributed by atoms with E-state index in [1.165, 1.54) is 10.9 Å². The van der Waals surface area contributed by atoms with Crippen LogP contribution in [0.2, 0.25) is 0 Å². The summed E-state index contributed by atoms with van der Waals surface area (Å²) in [6, 6.07) is 20.6. The summed E-state index contributed by atoms with van der Waals surface area (Å²) in [6.07, 6.45) is 1.49. The molecule has 6 heteroatoms. The smallest absolute Gasteiger partial charge is 0.437 e. The summed E-state index contributed by atoms with van der Waals surface area (Å²) in [6.45, 7) is 0.281. The van der Waals surface area contributed by atoms with Crippen LogP contribution in [0, 0.1) is 11.3 Å². The van der Waals surface area contributed by atoms with E-state index in [-0.39, 0.29) is 12.4 Å². The first-order valence-corrected chi connectivity index (χ1v) is 7.95. The molecule has 0 bridgehead atoms. The number of rotatable bonds is 4. The summed E-state index contributed by atoms with van der Waals surface area (Å²) in [4.78, 5) is 12.0. The molecule has 26 heavy (non-hydrogen) atoms. The lowest BCUT2D eigenvalue weighted by atomic mass is 9.99. The van der Waals surface area contributed by atoms with Crippen LogP contribution in [-0.2, 0) is 6.54 Å². The molecule has 126 valence electrons. The van der Waals surface area contributed by atoms with Crippen LogP contribution in [0.1, 0.15) is 11.1 Å². The highest BCUT2D eigenvalue weighted by molar-refractivity contribution is 5.70. The standard InChI is InChI=1S/C20H13N3O3/c21-12-16-4-1-2-5-17(16)15-9-7-14(8-10-15)13-23-20(24)26-19(22-23)18-6-3-11-25-18/h1-11H,13H2. The summed E-state index contributed by atoms with van der Waals surface area (Å²) in [5.74, 6) is 0.0131. The second-order valence-corrected chi connectivity index (χ2v) is 5.66. The van der Waals surface area contributed by atoms with Gasteiger partial charge in [0.05, 0.1) is 24.4 Å². The Morgan fingerprint density at radius 3 is 2.58 bits per heavy atom. The molecule has 0 spiro atoms. The van der Waals surface area contributed by atoms with E-state index in [0.717, 1.165) is 16.7 Å². The Kier molecular flexibility index (Phi) is 3.96. The Balaban J connectivity index is 1.59. The van der Waals surface area contributed by atoms with Crippen LogP contribution in [0.5, 0.6) is 0 Å². The van der Waals surface area contributed by atoms with Crippen LogP contribution in [0.3, 0.4) is 0 Å². The molecule has 4 aromatic rings. The summed E-state index contributed by atoms with van der Waals surface area (Å²) in [5, 5.41) is 13.4. The quantitative estimate of drug-likeness (QED) is 0.564. The predicted molar refractivity (Wildman–Crippen MR) is 94.2 cm³/mol. The molecule has 4 rings (SSSR count). The molecular weight excluding hydrogens is 330 g/mol. The lowest BCUT2D eigenvalue weighted by molar-refractivity contribution is 0.476. The van der Waals surface area contributed by atoms with Crippen LogP contribution < -0.4 is 5.76 Å². The van der Waals surface area contributed by atoms with E-state index in [1.54, 1.807) is 18.2 Å². The number of nitrogens with zero attached hydrogens (tertiary/aromatic N) is 3. The third-order valence-corrected chi connectivity index (χ3v) is 3.98. The van der Waals surface area contributed by atoms with Crippen LogP contribution in [0.15, 0.2) is 80.6 Å². The maximum absolute atomic E-state index is 12.0. The zero-order valence-corrected chi connectivity index (χ0v) is 13.6. The van der Waals surface area contributed by atoms with Crippen LogP contribution in [0.25, 0.3) is 22.8 Å². The van der Waals surface area contributed by atoms with Gasteiger partial charge in [-0.15, -0.1) is 5.10 Å². The Hall–Kier alpha value is -3.85. The van der Waals surface area contributed by atoms with E-state index in [9.17, 15) is 10.1 Å². The Bertz CT molecular complexity index is 1130. The van der Waals surface area contributed by atoms with Crippen molar-refractivity contribution < 1.29 is 8.83 Å². The lowest BCUT2D eigenvalue weighted by Crippen LogP contribution is -2.16. The molecular formula is C20H13N3O3.